The second-order valence-electron chi connectivity index (χ2n) is 5.42. The van der Waals surface area contributed by atoms with Gasteiger partial charge in [-0.2, -0.15) is 0 Å². The molecule has 21 heavy (non-hydrogen) atoms. The third kappa shape index (κ3) is 9.73. The van der Waals surface area contributed by atoms with Crippen LogP contribution in [0.1, 0.15) is 60.8 Å². The van der Waals surface area contributed by atoms with Gasteiger partial charge in [0.25, 0.3) is 0 Å². The standard InChI is InChI=1S/C17H26O4/c1-7-16(20-14(4)18)10-12-17(6,21-15(5)19)11-8-9-13(2)3/h9,16H,7-8,11H2,1-6H3/t16-,17-/m0/s1. The van der Waals surface area contributed by atoms with E-state index in [-0.39, 0.29) is 11.9 Å². The van der Waals surface area contributed by atoms with Crippen molar-refractivity contribution < 1.29 is 19.1 Å². The molecule has 0 amide bonds. The highest BCUT2D eigenvalue weighted by molar-refractivity contribution is 5.67. The summed E-state index contributed by atoms with van der Waals surface area (Å²) >= 11 is 0. The molecule has 0 unspecified atom stereocenters. The molecular formula is C17H26O4. The minimum absolute atomic E-state index is 0.366. The van der Waals surface area contributed by atoms with Crippen LogP contribution in [-0.2, 0) is 19.1 Å². The summed E-state index contributed by atoms with van der Waals surface area (Å²) in [4.78, 5) is 22.2. The third-order valence-corrected chi connectivity index (χ3v) is 2.72. The Balaban J connectivity index is 5.00. The van der Waals surface area contributed by atoms with Crippen LogP contribution in [0.4, 0.5) is 0 Å². The lowest BCUT2D eigenvalue weighted by molar-refractivity contribution is -0.151. The largest absolute Gasteiger partial charge is 0.449 e. The predicted molar refractivity (Wildman–Crippen MR) is 82.5 cm³/mol. The fraction of sp³-hybridized carbons (Fsp3) is 0.647. The molecule has 4 nitrogen and oxygen atoms in total. The van der Waals surface area contributed by atoms with Gasteiger partial charge in [-0.3, -0.25) is 9.59 Å². The summed E-state index contributed by atoms with van der Waals surface area (Å²) in [7, 11) is 0. The lowest BCUT2D eigenvalue weighted by atomic mass is 9.99. The Hall–Kier alpha value is -1.76. The summed E-state index contributed by atoms with van der Waals surface area (Å²) in [6, 6.07) is 0. The van der Waals surface area contributed by atoms with Gasteiger partial charge in [-0.25, -0.2) is 0 Å². The highest BCUT2D eigenvalue weighted by atomic mass is 16.6. The van der Waals surface area contributed by atoms with E-state index in [0.717, 1.165) is 6.42 Å². The van der Waals surface area contributed by atoms with Crippen molar-refractivity contribution in [1.29, 1.82) is 0 Å². The molecule has 0 aromatic rings. The predicted octanol–water partition coefficient (Wildman–Crippen LogP) is 3.40. The lowest BCUT2D eigenvalue weighted by Gasteiger charge is -2.23. The number of hydrogen-bond donors (Lipinski definition) is 0. The maximum absolute atomic E-state index is 11.3. The van der Waals surface area contributed by atoms with Crippen LogP contribution in [-0.4, -0.2) is 23.6 Å². The zero-order chi connectivity index (χ0) is 16.5. The summed E-state index contributed by atoms with van der Waals surface area (Å²) in [5.41, 5.74) is 0.338. The van der Waals surface area contributed by atoms with E-state index in [1.165, 1.54) is 19.4 Å². The van der Waals surface area contributed by atoms with Crippen LogP contribution in [0.3, 0.4) is 0 Å². The van der Waals surface area contributed by atoms with Gasteiger partial charge in [0.15, 0.2) is 11.7 Å². The lowest BCUT2D eigenvalue weighted by Crippen LogP contribution is -2.29. The average molecular weight is 294 g/mol. The molecule has 0 saturated carbocycles. The van der Waals surface area contributed by atoms with E-state index in [4.69, 9.17) is 9.47 Å². The molecular weight excluding hydrogens is 268 g/mol. The van der Waals surface area contributed by atoms with Gasteiger partial charge < -0.3 is 9.47 Å². The summed E-state index contributed by atoms with van der Waals surface area (Å²) in [6.07, 6.45) is 3.57. The van der Waals surface area contributed by atoms with E-state index < -0.39 is 11.7 Å². The molecule has 2 atom stereocenters. The maximum Gasteiger partial charge on any atom is 0.304 e. The molecule has 0 bridgehead atoms. The van der Waals surface area contributed by atoms with Gasteiger partial charge in [-0.15, -0.1) is 0 Å². The zero-order valence-corrected chi connectivity index (χ0v) is 13.9. The number of hydrogen-bond acceptors (Lipinski definition) is 4. The van der Waals surface area contributed by atoms with Crippen LogP contribution < -0.4 is 0 Å². The molecule has 0 fully saturated rings. The van der Waals surface area contributed by atoms with Crippen molar-refractivity contribution in [2.75, 3.05) is 0 Å². The van der Waals surface area contributed by atoms with Crippen LogP contribution >= 0.6 is 0 Å². The van der Waals surface area contributed by atoms with Crippen molar-refractivity contribution in [3.05, 3.63) is 11.6 Å². The third-order valence-electron chi connectivity index (χ3n) is 2.72. The molecule has 0 N–H and O–H groups in total. The van der Waals surface area contributed by atoms with Crippen molar-refractivity contribution in [3.8, 4) is 11.8 Å². The van der Waals surface area contributed by atoms with Crippen LogP contribution in [0.5, 0.6) is 0 Å². The Labute approximate surface area is 127 Å². The molecule has 0 heterocycles. The summed E-state index contributed by atoms with van der Waals surface area (Å²) in [6.45, 7) is 10.4. The van der Waals surface area contributed by atoms with E-state index >= 15 is 0 Å². The maximum atomic E-state index is 11.3. The Bertz CT molecular complexity index is 449. The van der Waals surface area contributed by atoms with E-state index in [0.29, 0.717) is 12.8 Å². The van der Waals surface area contributed by atoms with Gasteiger partial charge in [0.1, 0.15) is 0 Å². The van der Waals surface area contributed by atoms with Crippen LogP contribution in [0, 0.1) is 11.8 Å². The first-order valence-electron chi connectivity index (χ1n) is 7.21. The number of carbonyl (C=O) groups is 2. The van der Waals surface area contributed by atoms with Crippen molar-refractivity contribution in [1.82, 2.24) is 0 Å². The first-order chi connectivity index (χ1) is 9.68. The summed E-state index contributed by atoms with van der Waals surface area (Å²) in [5, 5.41) is 0. The highest BCUT2D eigenvalue weighted by Crippen LogP contribution is 2.18. The van der Waals surface area contributed by atoms with Gasteiger partial charge in [0.05, 0.1) is 0 Å². The summed E-state index contributed by atoms with van der Waals surface area (Å²) < 4.78 is 10.4. The second-order valence-corrected chi connectivity index (χ2v) is 5.42. The van der Waals surface area contributed by atoms with Crippen molar-refractivity contribution >= 4 is 11.9 Å². The average Bonchev–Trinajstić information content (AvgIpc) is 2.32. The van der Waals surface area contributed by atoms with Gasteiger partial charge in [-0.05, 0) is 33.6 Å². The number of carbonyl (C=O) groups excluding carboxylic acids is 2. The van der Waals surface area contributed by atoms with Crippen LogP contribution in [0.25, 0.3) is 0 Å². The zero-order valence-electron chi connectivity index (χ0n) is 13.9. The normalized spacial score (nSPS) is 14.0. The number of rotatable bonds is 6. The molecule has 0 aliphatic rings. The minimum Gasteiger partial charge on any atom is -0.449 e. The summed E-state index contributed by atoms with van der Waals surface area (Å²) in [5.74, 6) is 5.12. The monoisotopic (exact) mass is 294 g/mol. The van der Waals surface area contributed by atoms with E-state index in [2.05, 4.69) is 17.9 Å². The first-order valence-corrected chi connectivity index (χ1v) is 7.21. The molecule has 0 aliphatic heterocycles. The highest BCUT2D eigenvalue weighted by Gasteiger charge is 2.24. The molecule has 0 aromatic heterocycles. The Morgan fingerprint density at radius 2 is 1.81 bits per heavy atom. The van der Waals surface area contributed by atoms with Gasteiger partial charge in [0, 0.05) is 20.3 Å². The topological polar surface area (TPSA) is 52.6 Å². The van der Waals surface area contributed by atoms with Crippen molar-refractivity contribution in [3.63, 3.8) is 0 Å². The van der Waals surface area contributed by atoms with Gasteiger partial charge in [-0.1, -0.05) is 30.4 Å². The first kappa shape index (κ1) is 19.2. The van der Waals surface area contributed by atoms with Gasteiger partial charge >= 0.3 is 11.9 Å². The molecule has 118 valence electrons. The molecule has 0 aromatic carbocycles. The van der Waals surface area contributed by atoms with E-state index in [1.807, 2.05) is 20.8 Å². The minimum atomic E-state index is -0.870. The number of esters is 2. The van der Waals surface area contributed by atoms with Gasteiger partial charge in [0.2, 0.25) is 0 Å². The second kappa shape index (κ2) is 9.23. The molecule has 0 aliphatic carbocycles. The molecule has 0 rings (SSSR count). The Kier molecular flexibility index (Phi) is 8.45. The number of ether oxygens (including phenoxy) is 2. The van der Waals surface area contributed by atoms with Crippen molar-refractivity contribution in [2.45, 2.75) is 72.5 Å². The van der Waals surface area contributed by atoms with E-state index in [9.17, 15) is 9.59 Å². The van der Waals surface area contributed by atoms with Crippen molar-refractivity contribution in [2.24, 2.45) is 0 Å². The number of allylic oxidation sites excluding steroid dienone is 2. The molecule has 0 spiro atoms. The molecule has 0 saturated heterocycles. The SMILES string of the molecule is CC[C@@H](C#C[C@](C)(CCC=C(C)C)OC(C)=O)OC(C)=O. The fourth-order valence-electron chi connectivity index (χ4n) is 1.74. The Morgan fingerprint density at radius 3 is 2.24 bits per heavy atom. The van der Waals surface area contributed by atoms with E-state index in [1.54, 1.807) is 6.92 Å². The fourth-order valence-corrected chi connectivity index (χ4v) is 1.74. The quantitative estimate of drug-likeness (QED) is 0.428. The van der Waals surface area contributed by atoms with Crippen LogP contribution in [0.2, 0.25) is 0 Å². The molecule has 0 radical (unpaired) electrons. The molecule has 4 heteroatoms. The van der Waals surface area contributed by atoms with Crippen LogP contribution in [0.15, 0.2) is 11.6 Å². The smallest absolute Gasteiger partial charge is 0.304 e. The Morgan fingerprint density at radius 1 is 1.19 bits per heavy atom.